The second-order valence-corrected chi connectivity index (χ2v) is 11.2. The van der Waals surface area contributed by atoms with Gasteiger partial charge in [0.05, 0.1) is 5.92 Å². The number of allylic oxidation sites excluding steroid dienone is 2. The summed E-state index contributed by atoms with van der Waals surface area (Å²) in [6.07, 6.45) is 8.24. The third-order valence-corrected chi connectivity index (χ3v) is 8.77. The Kier molecular flexibility index (Phi) is 4.15. The lowest BCUT2D eigenvalue weighted by atomic mass is 9.47. The zero-order chi connectivity index (χ0) is 19.8. The van der Waals surface area contributed by atoms with E-state index in [0.717, 1.165) is 32.1 Å². The molecule has 0 heterocycles. The second-order valence-electron chi connectivity index (χ2n) is 11.2. The zero-order valence-electron chi connectivity index (χ0n) is 17.6. The number of fused-ring (bicyclic) bond motifs is 5. The van der Waals surface area contributed by atoms with Crippen LogP contribution in [0.4, 0.5) is 0 Å². The molecule has 0 aromatic rings. The minimum absolute atomic E-state index is 0.0601. The maximum absolute atomic E-state index is 13.0. The van der Waals surface area contributed by atoms with Gasteiger partial charge in [0.2, 0.25) is 0 Å². The molecule has 0 bridgehead atoms. The van der Waals surface area contributed by atoms with Crippen molar-refractivity contribution in [2.45, 2.75) is 79.6 Å². The maximum atomic E-state index is 13.0. The highest BCUT2D eigenvalue weighted by molar-refractivity contribution is 6.06. The van der Waals surface area contributed by atoms with Crippen LogP contribution < -0.4 is 0 Å². The quantitative estimate of drug-likeness (QED) is 0.486. The number of hydrogen-bond acceptors (Lipinski definition) is 3. The SMILES string of the molecule is CC(C)(C)C(=O)C1CC2(C)C(=CCC3C4CCC(=O)C4(C)CCC32)CC1=O. The summed E-state index contributed by atoms with van der Waals surface area (Å²) < 4.78 is 0. The number of carbonyl (C=O) groups excluding carboxylic acids is 3. The molecule has 0 spiro atoms. The van der Waals surface area contributed by atoms with Crippen LogP contribution >= 0.6 is 0 Å². The van der Waals surface area contributed by atoms with Crippen molar-refractivity contribution in [3.8, 4) is 0 Å². The topological polar surface area (TPSA) is 51.2 Å². The molecule has 3 fully saturated rings. The van der Waals surface area contributed by atoms with E-state index in [2.05, 4.69) is 19.9 Å². The molecule has 0 N–H and O–H groups in total. The van der Waals surface area contributed by atoms with Crippen molar-refractivity contribution in [3.05, 3.63) is 11.6 Å². The van der Waals surface area contributed by atoms with Gasteiger partial charge >= 0.3 is 0 Å². The van der Waals surface area contributed by atoms with Crippen LogP contribution in [-0.2, 0) is 14.4 Å². The molecule has 4 rings (SSSR count). The van der Waals surface area contributed by atoms with Crippen LogP contribution in [0.5, 0.6) is 0 Å². The molecular weight excluding hydrogens is 336 g/mol. The fourth-order valence-corrected chi connectivity index (χ4v) is 7.09. The summed E-state index contributed by atoms with van der Waals surface area (Å²) in [5, 5.41) is 0. The van der Waals surface area contributed by atoms with Gasteiger partial charge in [0.15, 0.2) is 0 Å². The lowest BCUT2D eigenvalue weighted by Crippen LogP contribution is -2.52. The molecule has 0 radical (unpaired) electrons. The van der Waals surface area contributed by atoms with Crippen molar-refractivity contribution in [2.75, 3.05) is 0 Å². The summed E-state index contributed by atoms with van der Waals surface area (Å²) in [6, 6.07) is 0. The standard InChI is InChI=1S/C24H34O3/c1-22(2,3)21(27)16-13-24(5)14(12-19(16)25)6-7-15-17-8-9-20(26)23(17,4)11-10-18(15)24/h6,15-18H,7-13H2,1-5H3. The first-order valence-electron chi connectivity index (χ1n) is 10.8. The van der Waals surface area contributed by atoms with E-state index >= 15 is 0 Å². The first kappa shape index (κ1) is 19.1. The monoisotopic (exact) mass is 370 g/mol. The minimum atomic E-state index is -0.477. The third-order valence-electron chi connectivity index (χ3n) is 8.77. The van der Waals surface area contributed by atoms with Crippen LogP contribution in [0.2, 0.25) is 0 Å². The average Bonchev–Trinajstić information content (AvgIpc) is 2.89. The van der Waals surface area contributed by atoms with Crippen LogP contribution in [-0.4, -0.2) is 17.3 Å². The van der Waals surface area contributed by atoms with E-state index in [1.165, 1.54) is 5.57 Å². The molecule has 27 heavy (non-hydrogen) atoms. The molecule has 0 aromatic carbocycles. The minimum Gasteiger partial charge on any atom is -0.299 e. The predicted octanol–water partition coefficient (Wildman–Crippen LogP) is 4.93. The molecule has 4 aliphatic rings. The molecule has 3 heteroatoms. The zero-order valence-corrected chi connectivity index (χ0v) is 17.6. The summed E-state index contributed by atoms with van der Waals surface area (Å²) in [6.45, 7) is 10.3. The van der Waals surface area contributed by atoms with Crippen LogP contribution in [0.15, 0.2) is 11.6 Å². The number of ketones is 3. The normalized spacial score (nSPS) is 44.3. The van der Waals surface area contributed by atoms with Gasteiger partial charge in [-0.25, -0.2) is 0 Å². The van der Waals surface area contributed by atoms with Gasteiger partial charge in [-0.2, -0.15) is 0 Å². The molecule has 4 aliphatic carbocycles. The Morgan fingerprint density at radius 1 is 1.07 bits per heavy atom. The van der Waals surface area contributed by atoms with Gasteiger partial charge in [-0.05, 0) is 55.3 Å². The second kappa shape index (κ2) is 5.87. The number of hydrogen-bond donors (Lipinski definition) is 0. The van der Waals surface area contributed by atoms with Gasteiger partial charge in [-0.15, -0.1) is 0 Å². The average molecular weight is 371 g/mol. The molecule has 3 saturated carbocycles. The van der Waals surface area contributed by atoms with Gasteiger partial charge < -0.3 is 0 Å². The number of carbonyl (C=O) groups is 3. The summed E-state index contributed by atoms with van der Waals surface area (Å²) in [5.41, 5.74) is 0.609. The van der Waals surface area contributed by atoms with Crippen LogP contribution in [0, 0.1) is 39.9 Å². The van der Waals surface area contributed by atoms with E-state index in [0.29, 0.717) is 36.4 Å². The van der Waals surface area contributed by atoms with Crippen LogP contribution in [0.1, 0.15) is 79.6 Å². The molecule has 0 aromatic heterocycles. The number of rotatable bonds is 1. The van der Waals surface area contributed by atoms with Crippen molar-refractivity contribution < 1.29 is 14.4 Å². The third kappa shape index (κ3) is 2.63. The van der Waals surface area contributed by atoms with E-state index in [4.69, 9.17) is 0 Å². The van der Waals surface area contributed by atoms with Crippen LogP contribution in [0.25, 0.3) is 0 Å². The van der Waals surface area contributed by atoms with Gasteiger partial charge in [-0.3, -0.25) is 14.4 Å². The Morgan fingerprint density at radius 3 is 2.41 bits per heavy atom. The van der Waals surface area contributed by atoms with E-state index in [1.807, 2.05) is 20.8 Å². The highest BCUT2D eigenvalue weighted by Gasteiger charge is 2.60. The van der Waals surface area contributed by atoms with Gasteiger partial charge in [0, 0.05) is 23.7 Å². The Hall–Kier alpha value is -1.25. The fraction of sp³-hybridized carbons (Fsp3) is 0.792. The van der Waals surface area contributed by atoms with E-state index in [-0.39, 0.29) is 22.4 Å². The predicted molar refractivity (Wildman–Crippen MR) is 105 cm³/mol. The Bertz CT molecular complexity index is 739. The Balaban J connectivity index is 1.68. The van der Waals surface area contributed by atoms with Crippen LogP contribution in [0.3, 0.4) is 0 Å². The first-order valence-corrected chi connectivity index (χ1v) is 10.8. The summed E-state index contributed by atoms with van der Waals surface area (Å²) >= 11 is 0. The molecular formula is C24H34O3. The van der Waals surface area contributed by atoms with Crippen molar-refractivity contribution in [2.24, 2.45) is 39.9 Å². The van der Waals surface area contributed by atoms with Crippen molar-refractivity contribution >= 4 is 17.3 Å². The van der Waals surface area contributed by atoms with Gasteiger partial charge in [-0.1, -0.05) is 46.3 Å². The van der Waals surface area contributed by atoms with E-state index < -0.39 is 11.3 Å². The Morgan fingerprint density at radius 2 is 1.74 bits per heavy atom. The van der Waals surface area contributed by atoms with Crippen molar-refractivity contribution in [1.29, 1.82) is 0 Å². The van der Waals surface area contributed by atoms with Gasteiger partial charge in [0.25, 0.3) is 0 Å². The summed E-state index contributed by atoms with van der Waals surface area (Å²) in [5.74, 6) is 1.75. The maximum Gasteiger partial charge on any atom is 0.148 e. The van der Waals surface area contributed by atoms with Crippen molar-refractivity contribution in [3.63, 3.8) is 0 Å². The largest absolute Gasteiger partial charge is 0.299 e. The summed E-state index contributed by atoms with van der Waals surface area (Å²) in [7, 11) is 0. The molecule has 3 nitrogen and oxygen atoms in total. The molecule has 148 valence electrons. The molecule has 6 atom stereocenters. The fourth-order valence-electron chi connectivity index (χ4n) is 7.09. The first-order chi connectivity index (χ1) is 12.5. The lowest BCUT2D eigenvalue weighted by Gasteiger charge is -2.57. The molecule has 0 aliphatic heterocycles. The highest BCUT2D eigenvalue weighted by Crippen LogP contribution is 2.64. The Labute approximate surface area is 163 Å². The molecule has 0 saturated heterocycles. The number of Topliss-reactive ketones (excluding diaryl/α,β-unsaturated/α-hetero) is 3. The van der Waals surface area contributed by atoms with E-state index in [9.17, 15) is 14.4 Å². The molecule has 6 unspecified atom stereocenters. The van der Waals surface area contributed by atoms with Gasteiger partial charge in [0.1, 0.15) is 17.3 Å². The molecule has 0 amide bonds. The van der Waals surface area contributed by atoms with E-state index in [1.54, 1.807) is 0 Å². The van der Waals surface area contributed by atoms with Crippen molar-refractivity contribution in [1.82, 2.24) is 0 Å². The summed E-state index contributed by atoms with van der Waals surface area (Å²) in [4.78, 5) is 38.4. The lowest BCUT2D eigenvalue weighted by molar-refractivity contribution is -0.142. The highest BCUT2D eigenvalue weighted by atomic mass is 16.2. The smallest absolute Gasteiger partial charge is 0.148 e.